The summed E-state index contributed by atoms with van der Waals surface area (Å²) in [4.78, 5) is 12.2. The van der Waals surface area contributed by atoms with Crippen LogP contribution in [0.1, 0.15) is 58.3 Å². The molecular formula is C17H27NO. The average Bonchev–Trinajstić information content (AvgIpc) is 2.32. The molecule has 4 rings (SSSR count). The number of amides is 1. The van der Waals surface area contributed by atoms with Crippen LogP contribution in [0.2, 0.25) is 0 Å². The van der Waals surface area contributed by atoms with E-state index in [1.807, 2.05) is 13.0 Å². The number of hydrogen-bond acceptors (Lipinski definition) is 1. The average molecular weight is 261 g/mol. The molecule has 0 unspecified atom stereocenters. The molecule has 1 amide bonds. The number of hydrogen-bond donors (Lipinski definition) is 1. The predicted octanol–water partition coefficient (Wildman–Crippen LogP) is 3.68. The molecular weight excluding hydrogens is 234 g/mol. The fourth-order valence-electron chi connectivity index (χ4n) is 5.37. The summed E-state index contributed by atoms with van der Waals surface area (Å²) >= 11 is 0. The van der Waals surface area contributed by atoms with Gasteiger partial charge in [-0.15, -0.1) is 0 Å². The summed E-state index contributed by atoms with van der Waals surface area (Å²) in [5.41, 5.74) is 0.388. The lowest BCUT2D eigenvalue weighted by molar-refractivity contribution is -0.129. The Morgan fingerprint density at radius 2 is 1.74 bits per heavy atom. The van der Waals surface area contributed by atoms with Gasteiger partial charge in [-0.25, -0.2) is 0 Å². The first kappa shape index (κ1) is 13.2. The number of nitrogens with one attached hydrogen (secondary N) is 1. The number of carbonyl (C=O) groups is 1. The third-order valence-corrected chi connectivity index (χ3v) is 5.57. The molecule has 0 aromatic heterocycles. The van der Waals surface area contributed by atoms with Crippen LogP contribution in [-0.4, -0.2) is 12.5 Å². The number of carbonyl (C=O) groups excluding carboxylic acids is 1. The van der Waals surface area contributed by atoms with E-state index in [1.165, 1.54) is 38.5 Å². The molecule has 0 atom stereocenters. The van der Waals surface area contributed by atoms with Gasteiger partial charge in [0.05, 0.1) is 0 Å². The molecule has 4 bridgehead atoms. The standard InChI is InChI=1S/C17H27NO/c1-2-3-4-5-18-16(19)12-17-9-13-6-14(10-17)8-15(7-13)11-17/h2-3,13-15H,4-12H2,1H3,(H,18,19)/b3-2+. The Labute approximate surface area is 117 Å². The van der Waals surface area contributed by atoms with Crippen LogP contribution in [0, 0.1) is 23.2 Å². The minimum Gasteiger partial charge on any atom is -0.356 e. The van der Waals surface area contributed by atoms with E-state index in [2.05, 4.69) is 11.4 Å². The molecule has 4 fully saturated rings. The molecule has 0 aliphatic heterocycles. The molecule has 4 aliphatic carbocycles. The van der Waals surface area contributed by atoms with Gasteiger partial charge in [-0.05, 0) is 75.0 Å². The van der Waals surface area contributed by atoms with Crippen molar-refractivity contribution in [2.45, 2.75) is 58.3 Å². The van der Waals surface area contributed by atoms with Gasteiger partial charge in [0.15, 0.2) is 0 Å². The van der Waals surface area contributed by atoms with Gasteiger partial charge < -0.3 is 5.32 Å². The lowest BCUT2D eigenvalue weighted by Gasteiger charge is -2.56. The summed E-state index contributed by atoms with van der Waals surface area (Å²) in [5.74, 6) is 3.14. The van der Waals surface area contributed by atoms with Crippen LogP contribution in [0.25, 0.3) is 0 Å². The van der Waals surface area contributed by atoms with Crippen molar-refractivity contribution in [1.82, 2.24) is 5.32 Å². The molecule has 106 valence electrons. The van der Waals surface area contributed by atoms with E-state index in [9.17, 15) is 4.79 Å². The smallest absolute Gasteiger partial charge is 0.220 e. The highest BCUT2D eigenvalue weighted by molar-refractivity contribution is 5.76. The van der Waals surface area contributed by atoms with Crippen LogP contribution < -0.4 is 5.32 Å². The largest absolute Gasteiger partial charge is 0.356 e. The van der Waals surface area contributed by atoms with Crippen molar-refractivity contribution < 1.29 is 4.79 Å². The third kappa shape index (κ3) is 2.88. The molecule has 2 heteroatoms. The zero-order valence-corrected chi connectivity index (χ0v) is 12.2. The highest BCUT2D eigenvalue weighted by atomic mass is 16.1. The predicted molar refractivity (Wildman–Crippen MR) is 77.7 cm³/mol. The summed E-state index contributed by atoms with van der Waals surface area (Å²) in [6.07, 6.45) is 14.3. The van der Waals surface area contributed by atoms with Gasteiger partial charge in [0.1, 0.15) is 0 Å². The normalized spacial score (nSPS) is 39.9. The summed E-state index contributed by atoms with van der Waals surface area (Å²) < 4.78 is 0. The highest BCUT2D eigenvalue weighted by Gasteiger charge is 2.51. The maximum Gasteiger partial charge on any atom is 0.220 e. The number of allylic oxidation sites excluding steroid dienone is 1. The maximum absolute atomic E-state index is 12.2. The van der Waals surface area contributed by atoms with Gasteiger partial charge >= 0.3 is 0 Å². The summed E-state index contributed by atoms with van der Waals surface area (Å²) in [6, 6.07) is 0. The van der Waals surface area contributed by atoms with Crippen molar-refractivity contribution in [3.05, 3.63) is 12.2 Å². The summed E-state index contributed by atoms with van der Waals surface area (Å²) in [6.45, 7) is 2.83. The van der Waals surface area contributed by atoms with E-state index in [4.69, 9.17) is 0 Å². The molecule has 0 radical (unpaired) electrons. The van der Waals surface area contributed by atoms with Crippen LogP contribution in [0.15, 0.2) is 12.2 Å². The molecule has 1 N–H and O–H groups in total. The van der Waals surface area contributed by atoms with E-state index in [0.29, 0.717) is 11.3 Å². The van der Waals surface area contributed by atoms with E-state index in [0.717, 1.165) is 37.1 Å². The SMILES string of the molecule is C/C=C/CCNC(=O)CC12CC3CC(CC(C3)C1)C2. The first-order valence-corrected chi connectivity index (χ1v) is 8.07. The fourth-order valence-corrected chi connectivity index (χ4v) is 5.37. The fraction of sp³-hybridized carbons (Fsp3) is 0.824. The highest BCUT2D eigenvalue weighted by Crippen LogP contribution is 2.61. The summed E-state index contributed by atoms with van der Waals surface area (Å²) in [7, 11) is 0. The Balaban J connectivity index is 1.53. The first-order valence-electron chi connectivity index (χ1n) is 8.07. The van der Waals surface area contributed by atoms with Gasteiger partial charge in [0.2, 0.25) is 5.91 Å². The van der Waals surface area contributed by atoms with E-state index >= 15 is 0 Å². The minimum absolute atomic E-state index is 0.298. The second-order valence-electron chi connectivity index (χ2n) is 7.30. The first-order chi connectivity index (χ1) is 9.19. The van der Waals surface area contributed by atoms with E-state index < -0.39 is 0 Å². The molecule has 0 aromatic rings. The van der Waals surface area contributed by atoms with Gasteiger partial charge in [-0.2, -0.15) is 0 Å². The molecule has 0 saturated heterocycles. The van der Waals surface area contributed by atoms with Crippen LogP contribution >= 0.6 is 0 Å². The lowest BCUT2D eigenvalue weighted by atomic mass is 9.49. The van der Waals surface area contributed by atoms with Crippen molar-refractivity contribution in [3.63, 3.8) is 0 Å². The summed E-state index contributed by atoms with van der Waals surface area (Å²) in [5, 5.41) is 3.10. The van der Waals surface area contributed by atoms with Crippen LogP contribution in [0.3, 0.4) is 0 Å². The van der Waals surface area contributed by atoms with Gasteiger partial charge in [-0.3, -0.25) is 4.79 Å². The topological polar surface area (TPSA) is 29.1 Å². The molecule has 0 spiro atoms. The quantitative estimate of drug-likeness (QED) is 0.593. The second kappa shape index (κ2) is 5.30. The monoisotopic (exact) mass is 261 g/mol. The van der Waals surface area contributed by atoms with Crippen LogP contribution in [-0.2, 0) is 4.79 Å². The van der Waals surface area contributed by atoms with Crippen molar-refractivity contribution in [2.24, 2.45) is 23.2 Å². The van der Waals surface area contributed by atoms with Crippen molar-refractivity contribution >= 4 is 5.91 Å². The second-order valence-corrected chi connectivity index (χ2v) is 7.30. The lowest BCUT2D eigenvalue weighted by Crippen LogP contribution is -2.48. The zero-order chi connectivity index (χ0) is 13.3. The molecule has 4 aliphatic rings. The van der Waals surface area contributed by atoms with Crippen molar-refractivity contribution in [1.29, 1.82) is 0 Å². The van der Waals surface area contributed by atoms with Crippen LogP contribution in [0.5, 0.6) is 0 Å². The van der Waals surface area contributed by atoms with Crippen LogP contribution in [0.4, 0.5) is 0 Å². The Bertz CT molecular complexity index is 336. The maximum atomic E-state index is 12.2. The zero-order valence-electron chi connectivity index (χ0n) is 12.2. The molecule has 2 nitrogen and oxygen atoms in total. The van der Waals surface area contributed by atoms with Gasteiger partial charge in [0, 0.05) is 13.0 Å². The van der Waals surface area contributed by atoms with Gasteiger partial charge in [-0.1, -0.05) is 12.2 Å². The molecule has 19 heavy (non-hydrogen) atoms. The third-order valence-electron chi connectivity index (χ3n) is 5.57. The number of rotatable bonds is 5. The van der Waals surface area contributed by atoms with Gasteiger partial charge in [0.25, 0.3) is 0 Å². The molecule has 4 saturated carbocycles. The van der Waals surface area contributed by atoms with E-state index in [-0.39, 0.29) is 0 Å². The Hall–Kier alpha value is -0.790. The minimum atomic E-state index is 0.298. The Morgan fingerprint density at radius 1 is 1.16 bits per heavy atom. The Kier molecular flexibility index (Phi) is 3.68. The van der Waals surface area contributed by atoms with Crippen molar-refractivity contribution in [2.75, 3.05) is 6.54 Å². The van der Waals surface area contributed by atoms with E-state index in [1.54, 1.807) is 0 Å². The molecule has 0 heterocycles. The molecule has 0 aromatic carbocycles. The Morgan fingerprint density at radius 3 is 2.26 bits per heavy atom. The van der Waals surface area contributed by atoms with Crippen molar-refractivity contribution in [3.8, 4) is 0 Å².